The van der Waals surface area contributed by atoms with Gasteiger partial charge in [-0.3, -0.25) is 9.59 Å². The molecule has 1 heterocycles. The summed E-state index contributed by atoms with van der Waals surface area (Å²) < 4.78 is 38.6. The number of benzene rings is 2. The Morgan fingerprint density at radius 2 is 1.77 bits per heavy atom. The first kappa shape index (κ1) is 21.9. The Morgan fingerprint density at radius 1 is 1.07 bits per heavy atom. The number of fused-ring (bicyclic) bond motifs is 1. The summed E-state index contributed by atoms with van der Waals surface area (Å²) in [7, 11) is 0. The van der Waals surface area contributed by atoms with E-state index in [4.69, 9.17) is 0 Å². The van der Waals surface area contributed by atoms with Crippen LogP contribution in [-0.2, 0) is 17.4 Å². The minimum absolute atomic E-state index is 0.177. The number of hydrogen-bond donors (Lipinski definition) is 1. The van der Waals surface area contributed by atoms with Gasteiger partial charge in [0.25, 0.3) is 5.91 Å². The molecule has 0 spiro atoms. The van der Waals surface area contributed by atoms with Gasteiger partial charge in [0.15, 0.2) is 0 Å². The van der Waals surface area contributed by atoms with E-state index in [2.05, 4.69) is 5.32 Å². The Balaban J connectivity index is 1.72. The zero-order chi connectivity index (χ0) is 22.1. The zero-order valence-electron chi connectivity index (χ0n) is 17.2. The van der Waals surface area contributed by atoms with Crippen LogP contribution >= 0.6 is 0 Å². The largest absolute Gasteiger partial charge is 0.416 e. The number of rotatable bonds is 5. The lowest BCUT2D eigenvalue weighted by Gasteiger charge is -2.31. The Bertz CT molecular complexity index is 948. The first-order valence-corrected chi connectivity index (χ1v) is 9.81. The van der Waals surface area contributed by atoms with E-state index in [9.17, 15) is 22.8 Å². The van der Waals surface area contributed by atoms with Crippen molar-refractivity contribution in [1.29, 1.82) is 0 Å². The van der Waals surface area contributed by atoms with Crippen molar-refractivity contribution in [3.8, 4) is 0 Å². The van der Waals surface area contributed by atoms with E-state index in [1.54, 1.807) is 35.2 Å². The highest BCUT2D eigenvalue weighted by atomic mass is 19.4. The summed E-state index contributed by atoms with van der Waals surface area (Å²) in [4.78, 5) is 27.4. The maximum absolute atomic E-state index is 13.0. The highest BCUT2D eigenvalue weighted by Crippen LogP contribution is 2.36. The first-order valence-electron chi connectivity index (χ1n) is 9.81. The molecule has 1 atom stereocenters. The molecule has 2 aromatic carbocycles. The molecule has 2 aromatic rings. The number of hydrogen-bond acceptors (Lipinski definition) is 2. The van der Waals surface area contributed by atoms with Crippen LogP contribution in [0.25, 0.3) is 0 Å². The molecule has 3 rings (SSSR count). The Labute approximate surface area is 174 Å². The van der Waals surface area contributed by atoms with Crippen molar-refractivity contribution in [3.63, 3.8) is 0 Å². The van der Waals surface area contributed by atoms with Gasteiger partial charge in [-0.1, -0.05) is 57.2 Å². The summed E-state index contributed by atoms with van der Waals surface area (Å²) in [5.41, 5.74) is 0.745. The maximum atomic E-state index is 13.0. The van der Waals surface area contributed by atoms with Crippen molar-refractivity contribution in [1.82, 2.24) is 10.2 Å². The molecule has 0 aliphatic carbocycles. The molecule has 0 saturated carbocycles. The van der Waals surface area contributed by atoms with Crippen LogP contribution in [0, 0.1) is 5.41 Å². The molecule has 0 fully saturated rings. The van der Waals surface area contributed by atoms with Crippen molar-refractivity contribution < 1.29 is 22.8 Å². The molecule has 1 N–H and O–H groups in total. The molecule has 2 amide bonds. The van der Waals surface area contributed by atoms with E-state index in [1.165, 1.54) is 6.07 Å². The second-order valence-electron chi connectivity index (χ2n) is 8.72. The second-order valence-corrected chi connectivity index (χ2v) is 8.72. The van der Waals surface area contributed by atoms with Crippen LogP contribution in [-0.4, -0.2) is 29.8 Å². The molecule has 0 aromatic heterocycles. The van der Waals surface area contributed by atoms with Crippen LogP contribution < -0.4 is 5.32 Å². The smallest absolute Gasteiger partial charge is 0.354 e. The third-order valence-corrected chi connectivity index (χ3v) is 4.92. The van der Waals surface area contributed by atoms with Crippen molar-refractivity contribution in [3.05, 3.63) is 70.8 Å². The number of nitrogens with zero attached hydrogens (tertiary/aromatic N) is 1. The van der Waals surface area contributed by atoms with Gasteiger partial charge >= 0.3 is 6.18 Å². The van der Waals surface area contributed by atoms with Crippen LogP contribution in [0.3, 0.4) is 0 Å². The third-order valence-electron chi connectivity index (χ3n) is 4.92. The van der Waals surface area contributed by atoms with Crippen LogP contribution in [0.2, 0.25) is 0 Å². The van der Waals surface area contributed by atoms with Crippen molar-refractivity contribution in [2.24, 2.45) is 5.41 Å². The molecule has 1 aliphatic heterocycles. The molecule has 7 heteroatoms. The van der Waals surface area contributed by atoms with Crippen LogP contribution in [0.5, 0.6) is 0 Å². The van der Waals surface area contributed by atoms with Gasteiger partial charge in [-0.05, 0) is 35.1 Å². The molecule has 0 saturated heterocycles. The van der Waals surface area contributed by atoms with E-state index in [1.807, 2.05) is 20.8 Å². The first-order chi connectivity index (χ1) is 14.0. The molecule has 0 radical (unpaired) electrons. The number of nitrogens with one attached hydrogen (secondary N) is 1. The molecule has 1 aliphatic rings. The van der Waals surface area contributed by atoms with Gasteiger partial charge in [0.1, 0.15) is 6.04 Å². The van der Waals surface area contributed by atoms with E-state index in [0.29, 0.717) is 23.2 Å². The van der Waals surface area contributed by atoms with E-state index >= 15 is 0 Å². The van der Waals surface area contributed by atoms with Crippen molar-refractivity contribution in [2.45, 2.75) is 39.4 Å². The van der Waals surface area contributed by atoms with Crippen molar-refractivity contribution >= 4 is 11.8 Å². The number of halogens is 3. The van der Waals surface area contributed by atoms with E-state index in [-0.39, 0.29) is 30.2 Å². The highest BCUT2D eigenvalue weighted by molar-refractivity contribution is 6.04. The van der Waals surface area contributed by atoms with E-state index in [0.717, 1.165) is 12.1 Å². The van der Waals surface area contributed by atoms with Gasteiger partial charge in [-0.25, -0.2) is 0 Å². The summed E-state index contributed by atoms with van der Waals surface area (Å²) >= 11 is 0. The summed E-state index contributed by atoms with van der Waals surface area (Å²) in [6, 6.07) is 11.4. The fraction of sp³-hybridized carbons (Fsp3) is 0.391. The standard InChI is InChI=1S/C23H25F3N2O2/c1-22(2,3)14-28-19(17-9-4-5-10-18(17)21(28)30)20(29)27-12-11-15-7-6-8-16(13-15)23(24,25)26/h4-10,13,19H,11-12,14H2,1-3H3,(H,27,29). The number of carbonyl (C=O) groups excluding carboxylic acids is 2. The second kappa shape index (κ2) is 8.13. The zero-order valence-corrected chi connectivity index (χ0v) is 17.2. The molecule has 30 heavy (non-hydrogen) atoms. The lowest BCUT2D eigenvalue weighted by molar-refractivity contribution is -0.137. The van der Waals surface area contributed by atoms with Crippen molar-refractivity contribution in [2.75, 3.05) is 13.1 Å². The minimum Gasteiger partial charge on any atom is -0.354 e. The topological polar surface area (TPSA) is 49.4 Å². The molecular weight excluding hydrogens is 393 g/mol. The SMILES string of the molecule is CC(C)(C)CN1C(=O)c2ccccc2C1C(=O)NCCc1cccc(C(F)(F)F)c1. The average molecular weight is 418 g/mol. The van der Waals surface area contributed by atoms with E-state index < -0.39 is 17.8 Å². The highest BCUT2D eigenvalue weighted by Gasteiger charge is 2.42. The fourth-order valence-corrected chi connectivity index (χ4v) is 3.66. The lowest BCUT2D eigenvalue weighted by atomic mass is 9.95. The number of amides is 2. The number of alkyl halides is 3. The van der Waals surface area contributed by atoms with Gasteiger partial charge in [-0.15, -0.1) is 0 Å². The van der Waals surface area contributed by atoms with Crippen LogP contribution in [0.4, 0.5) is 13.2 Å². The molecular formula is C23H25F3N2O2. The normalized spacial score (nSPS) is 16.5. The third kappa shape index (κ3) is 4.83. The van der Waals surface area contributed by atoms with Crippen LogP contribution in [0.1, 0.15) is 53.9 Å². The Morgan fingerprint density at radius 3 is 2.43 bits per heavy atom. The Kier molecular flexibility index (Phi) is 5.92. The molecule has 1 unspecified atom stereocenters. The van der Waals surface area contributed by atoms with Gasteiger partial charge < -0.3 is 10.2 Å². The lowest BCUT2D eigenvalue weighted by Crippen LogP contribution is -2.43. The molecule has 4 nitrogen and oxygen atoms in total. The summed E-state index contributed by atoms with van der Waals surface area (Å²) in [6.45, 7) is 6.56. The van der Waals surface area contributed by atoms with Gasteiger partial charge in [0, 0.05) is 18.7 Å². The summed E-state index contributed by atoms with van der Waals surface area (Å²) in [5.74, 6) is -0.511. The van der Waals surface area contributed by atoms with Gasteiger partial charge in [0.2, 0.25) is 5.91 Å². The monoisotopic (exact) mass is 418 g/mol. The van der Waals surface area contributed by atoms with Gasteiger partial charge in [-0.2, -0.15) is 13.2 Å². The summed E-state index contributed by atoms with van der Waals surface area (Å²) in [5, 5.41) is 2.79. The summed E-state index contributed by atoms with van der Waals surface area (Å²) in [6.07, 6.45) is -4.14. The molecule has 0 bridgehead atoms. The minimum atomic E-state index is -4.40. The fourth-order valence-electron chi connectivity index (χ4n) is 3.66. The quantitative estimate of drug-likeness (QED) is 0.771. The maximum Gasteiger partial charge on any atom is 0.416 e. The number of carbonyl (C=O) groups is 2. The average Bonchev–Trinajstić information content (AvgIpc) is 2.92. The Hall–Kier alpha value is -2.83. The molecule has 160 valence electrons. The van der Waals surface area contributed by atoms with Gasteiger partial charge in [0.05, 0.1) is 5.56 Å². The predicted molar refractivity (Wildman–Crippen MR) is 108 cm³/mol. The predicted octanol–water partition coefficient (Wildman–Crippen LogP) is 4.61. The van der Waals surface area contributed by atoms with Crippen LogP contribution in [0.15, 0.2) is 48.5 Å².